The monoisotopic (exact) mass is 949 g/mol. The quantitative estimate of drug-likeness (QED) is 0.0262. The van der Waals surface area contributed by atoms with Gasteiger partial charge in [-0.25, -0.2) is 0 Å². The van der Waals surface area contributed by atoms with E-state index in [1.807, 2.05) is 0 Å². The molecule has 0 N–H and O–H groups in total. The first-order chi connectivity index (χ1) is 34.0. The fourth-order valence-corrected chi connectivity index (χ4v) is 6.57. The lowest BCUT2D eigenvalue weighted by Gasteiger charge is -2.18. The third-order valence-corrected chi connectivity index (χ3v) is 10.5. The van der Waals surface area contributed by atoms with Crippen LogP contribution in [0.3, 0.4) is 0 Å². The van der Waals surface area contributed by atoms with Crippen LogP contribution in [-0.2, 0) is 28.6 Å². The minimum absolute atomic E-state index is 0.126. The second-order valence-electron chi connectivity index (χ2n) is 17.0. The van der Waals surface area contributed by atoms with Crippen molar-refractivity contribution in [3.63, 3.8) is 0 Å². The van der Waals surface area contributed by atoms with Crippen LogP contribution in [0.15, 0.2) is 158 Å². The Balaban J connectivity index is 4.59. The van der Waals surface area contributed by atoms with Crippen LogP contribution in [-0.4, -0.2) is 37.2 Å². The lowest BCUT2D eigenvalue weighted by atomic mass is 10.1. The van der Waals surface area contributed by atoms with Gasteiger partial charge in [-0.15, -0.1) is 0 Å². The molecule has 0 rings (SSSR count). The van der Waals surface area contributed by atoms with E-state index < -0.39 is 6.10 Å². The van der Waals surface area contributed by atoms with Gasteiger partial charge in [0, 0.05) is 19.3 Å². The summed E-state index contributed by atoms with van der Waals surface area (Å²) in [7, 11) is 0. The van der Waals surface area contributed by atoms with E-state index in [1.165, 1.54) is 0 Å². The minimum atomic E-state index is -0.830. The number of hydrogen-bond acceptors (Lipinski definition) is 6. The molecule has 0 aliphatic heterocycles. The van der Waals surface area contributed by atoms with Crippen LogP contribution in [0.25, 0.3) is 0 Å². The molecule has 0 aromatic rings. The fraction of sp³-hybridized carbons (Fsp3) is 0.540. The van der Waals surface area contributed by atoms with Crippen molar-refractivity contribution in [1.29, 1.82) is 0 Å². The SMILES string of the molecule is CC/C=C\C/C=C\C/C=C\C/C=C\C/C=C\CCCCCC(=O)OCC(COC(=O)CCCC/C=C\C/C=C\C/C=C\C/C=C\CC)OC(=O)CCCCCC/C=C\C/C=C\C/C=C\C/C=C\CC. The van der Waals surface area contributed by atoms with Crippen LogP contribution in [0.5, 0.6) is 0 Å². The smallest absolute Gasteiger partial charge is 0.306 e. The van der Waals surface area contributed by atoms with Crippen molar-refractivity contribution in [2.45, 2.75) is 207 Å². The number of unbranched alkanes of at least 4 members (excludes halogenated alkanes) is 9. The fourth-order valence-electron chi connectivity index (χ4n) is 6.57. The number of hydrogen-bond donors (Lipinski definition) is 0. The number of rotatable bonds is 46. The maximum absolute atomic E-state index is 12.8. The number of allylic oxidation sites excluding steroid dienone is 26. The summed E-state index contributed by atoms with van der Waals surface area (Å²) >= 11 is 0. The van der Waals surface area contributed by atoms with E-state index in [-0.39, 0.29) is 44.0 Å². The van der Waals surface area contributed by atoms with E-state index in [2.05, 4.69) is 179 Å². The number of carbonyl (C=O) groups excluding carboxylic acids is 3. The second-order valence-corrected chi connectivity index (χ2v) is 17.0. The van der Waals surface area contributed by atoms with Gasteiger partial charge in [0.15, 0.2) is 6.10 Å². The Morgan fingerprint density at radius 3 is 0.841 bits per heavy atom. The van der Waals surface area contributed by atoms with Crippen LogP contribution in [0.4, 0.5) is 0 Å². The Morgan fingerprint density at radius 1 is 0.290 bits per heavy atom. The molecule has 0 aromatic carbocycles. The summed E-state index contributed by atoms with van der Waals surface area (Å²) in [6, 6.07) is 0. The van der Waals surface area contributed by atoms with Gasteiger partial charge < -0.3 is 14.2 Å². The van der Waals surface area contributed by atoms with Crippen molar-refractivity contribution in [2.24, 2.45) is 0 Å². The molecule has 0 saturated heterocycles. The van der Waals surface area contributed by atoms with Crippen molar-refractivity contribution >= 4 is 17.9 Å². The molecule has 0 fully saturated rings. The summed E-state index contributed by atoms with van der Waals surface area (Å²) in [5, 5.41) is 0. The van der Waals surface area contributed by atoms with Crippen LogP contribution in [0.2, 0.25) is 0 Å². The average molecular weight is 949 g/mol. The van der Waals surface area contributed by atoms with Gasteiger partial charge in [-0.3, -0.25) is 14.4 Å². The molecule has 384 valence electrons. The molecule has 0 heterocycles. The van der Waals surface area contributed by atoms with Crippen LogP contribution in [0.1, 0.15) is 201 Å². The van der Waals surface area contributed by atoms with Crippen molar-refractivity contribution in [3.8, 4) is 0 Å². The molecule has 0 radical (unpaired) electrons. The summed E-state index contributed by atoms with van der Waals surface area (Å²) in [6.07, 6.45) is 80.8. The molecule has 0 aliphatic carbocycles. The highest BCUT2D eigenvalue weighted by Crippen LogP contribution is 2.11. The molecule has 69 heavy (non-hydrogen) atoms. The second kappa shape index (κ2) is 55.6. The van der Waals surface area contributed by atoms with Crippen LogP contribution in [0, 0.1) is 0 Å². The Hall–Kier alpha value is -4.97. The predicted octanol–water partition coefficient (Wildman–Crippen LogP) is 18.2. The van der Waals surface area contributed by atoms with E-state index in [4.69, 9.17) is 14.2 Å². The molecule has 6 nitrogen and oxygen atoms in total. The standard InChI is InChI=1S/C63H96O6/c1-4-7-10-13-16-19-22-25-28-30-31-33-35-38-41-44-47-50-53-56-62(65)68-59-60(58-67-61(64)55-52-49-46-43-40-37-34-27-24-21-18-15-12-9-6-3)69-63(66)57-54-51-48-45-42-39-36-32-29-26-23-20-17-14-11-8-5-2/h7-12,16-21,25-29,31,33-34,36,38-41,43,60H,4-6,13-15,22-24,30,32,35,37,42,44-59H2,1-3H3/b10-7-,11-8-,12-9-,19-16-,20-17-,21-18-,28-25-,29-26-,33-31-,34-27-,39-36-,41-38-,43-40-. The van der Waals surface area contributed by atoms with Crippen molar-refractivity contribution in [1.82, 2.24) is 0 Å². The molecule has 6 heteroatoms. The average Bonchev–Trinajstić information content (AvgIpc) is 3.35. The number of carbonyl (C=O) groups is 3. The van der Waals surface area contributed by atoms with E-state index >= 15 is 0 Å². The van der Waals surface area contributed by atoms with Crippen LogP contribution >= 0.6 is 0 Å². The molecular weight excluding hydrogens is 853 g/mol. The Morgan fingerprint density at radius 2 is 0.522 bits per heavy atom. The van der Waals surface area contributed by atoms with Gasteiger partial charge in [0.2, 0.25) is 0 Å². The van der Waals surface area contributed by atoms with E-state index in [1.54, 1.807) is 0 Å². The van der Waals surface area contributed by atoms with Crippen molar-refractivity contribution < 1.29 is 28.6 Å². The van der Waals surface area contributed by atoms with E-state index in [0.29, 0.717) is 12.8 Å². The summed E-state index contributed by atoms with van der Waals surface area (Å²) < 4.78 is 16.7. The normalized spacial score (nSPS) is 13.4. The van der Waals surface area contributed by atoms with Gasteiger partial charge in [0.1, 0.15) is 13.2 Å². The van der Waals surface area contributed by atoms with E-state index in [0.717, 1.165) is 154 Å². The van der Waals surface area contributed by atoms with Crippen LogP contribution < -0.4 is 0 Å². The van der Waals surface area contributed by atoms with Gasteiger partial charge in [0.25, 0.3) is 0 Å². The molecule has 0 saturated carbocycles. The summed E-state index contributed by atoms with van der Waals surface area (Å²) in [6.45, 7) is 6.19. The zero-order chi connectivity index (χ0) is 50.0. The highest BCUT2D eigenvalue weighted by atomic mass is 16.6. The lowest BCUT2D eigenvalue weighted by molar-refractivity contribution is -0.167. The first-order valence-corrected chi connectivity index (χ1v) is 27.0. The first-order valence-electron chi connectivity index (χ1n) is 27.0. The predicted molar refractivity (Wildman–Crippen MR) is 297 cm³/mol. The Labute approximate surface area is 422 Å². The largest absolute Gasteiger partial charge is 0.462 e. The summed E-state index contributed by atoms with van der Waals surface area (Å²) in [5.41, 5.74) is 0. The van der Waals surface area contributed by atoms with Gasteiger partial charge >= 0.3 is 17.9 Å². The zero-order valence-corrected chi connectivity index (χ0v) is 43.8. The topological polar surface area (TPSA) is 78.9 Å². The minimum Gasteiger partial charge on any atom is -0.462 e. The van der Waals surface area contributed by atoms with Gasteiger partial charge in [-0.1, -0.05) is 198 Å². The third kappa shape index (κ3) is 53.8. The summed E-state index contributed by atoms with van der Waals surface area (Å²) in [4.78, 5) is 38.1. The molecule has 0 aliphatic rings. The molecule has 1 unspecified atom stereocenters. The van der Waals surface area contributed by atoms with Gasteiger partial charge in [0.05, 0.1) is 0 Å². The maximum Gasteiger partial charge on any atom is 0.306 e. The third-order valence-electron chi connectivity index (χ3n) is 10.5. The molecular formula is C63H96O6. The van der Waals surface area contributed by atoms with Crippen molar-refractivity contribution in [3.05, 3.63) is 158 Å². The Bertz CT molecular complexity index is 1610. The van der Waals surface area contributed by atoms with Gasteiger partial charge in [-0.05, 0) is 141 Å². The lowest BCUT2D eigenvalue weighted by Crippen LogP contribution is -2.30. The number of ether oxygens (including phenoxy) is 3. The maximum atomic E-state index is 12.8. The summed E-state index contributed by atoms with van der Waals surface area (Å²) in [5.74, 6) is -1.03. The molecule has 0 aromatic heterocycles. The first kappa shape index (κ1) is 64.0. The molecule has 0 amide bonds. The number of esters is 3. The molecule has 0 bridgehead atoms. The highest BCUT2D eigenvalue weighted by molar-refractivity contribution is 5.71. The van der Waals surface area contributed by atoms with E-state index in [9.17, 15) is 14.4 Å². The Kier molecular flexibility index (Phi) is 51.6. The molecule has 0 spiro atoms. The zero-order valence-electron chi connectivity index (χ0n) is 43.8. The molecule has 1 atom stereocenters. The van der Waals surface area contributed by atoms with Crippen molar-refractivity contribution in [2.75, 3.05) is 13.2 Å². The van der Waals surface area contributed by atoms with Gasteiger partial charge in [-0.2, -0.15) is 0 Å². The highest BCUT2D eigenvalue weighted by Gasteiger charge is 2.19.